The fourth-order valence-electron chi connectivity index (χ4n) is 8.13. The number of fused-ring (bicyclic) bond motifs is 3. The molecular formula is C50H79I2NO3S2. The number of nitrogens with zero attached hydrogens (tertiary/aromatic N) is 1. The minimum absolute atomic E-state index is 0.697. The van der Waals surface area contributed by atoms with Crippen molar-refractivity contribution in [1.29, 1.82) is 0 Å². The van der Waals surface area contributed by atoms with Crippen LogP contribution in [0.4, 0.5) is 0 Å². The first-order valence-electron chi connectivity index (χ1n) is 24.0. The molecule has 4 rings (SSSR count). The van der Waals surface area contributed by atoms with Gasteiger partial charge in [0.1, 0.15) is 0 Å². The third kappa shape index (κ3) is 18.3. The van der Waals surface area contributed by atoms with Crippen molar-refractivity contribution in [2.75, 3.05) is 19.8 Å². The molecule has 0 aliphatic rings. The molecule has 4 nitrogen and oxygen atoms in total. The topological polar surface area (TPSA) is 32.6 Å². The minimum Gasteiger partial charge on any atom is -0.489 e. The van der Waals surface area contributed by atoms with Crippen molar-refractivity contribution in [2.24, 2.45) is 0 Å². The van der Waals surface area contributed by atoms with Gasteiger partial charge < -0.3 is 18.8 Å². The van der Waals surface area contributed by atoms with E-state index in [2.05, 4.69) is 94.8 Å². The predicted octanol–water partition coefficient (Wildman–Crippen LogP) is 19.0. The molecule has 0 N–H and O–H groups in total. The zero-order valence-corrected chi connectivity index (χ0v) is 42.8. The summed E-state index contributed by atoms with van der Waals surface area (Å²) in [6, 6.07) is 9.16. The van der Waals surface area contributed by atoms with E-state index in [-0.39, 0.29) is 0 Å². The Morgan fingerprint density at radius 1 is 0.397 bits per heavy atom. The molecule has 0 amide bonds. The number of aromatic nitrogens is 1. The number of halogens is 2. The van der Waals surface area contributed by atoms with Crippen LogP contribution in [0.1, 0.15) is 213 Å². The lowest BCUT2D eigenvalue weighted by Gasteiger charge is -2.20. The average Bonchev–Trinajstić information content (AvgIpc) is 3.87. The van der Waals surface area contributed by atoms with Crippen molar-refractivity contribution in [2.45, 2.75) is 213 Å². The molecule has 0 bridgehead atoms. The molecule has 0 saturated carbocycles. The molecule has 0 radical (unpaired) electrons. The third-order valence-electron chi connectivity index (χ3n) is 11.6. The molecule has 0 unspecified atom stereocenters. The highest BCUT2D eigenvalue weighted by molar-refractivity contribution is 14.1. The van der Waals surface area contributed by atoms with Crippen molar-refractivity contribution < 1.29 is 14.2 Å². The number of unbranched alkanes of at least 4 members (excludes halogenated alkanes) is 27. The molecule has 1 aromatic carbocycles. The van der Waals surface area contributed by atoms with E-state index in [1.807, 2.05) is 22.7 Å². The van der Waals surface area contributed by atoms with Gasteiger partial charge in [-0.3, -0.25) is 0 Å². The molecular weight excluding hydrogens is 980 g/mol. The first-order chi connectivity index (χ1) is 28.6. The Morgan fingerprint density at radius 3 is 1.02 bits per heavy atom. The van der Waals surface area contributed by atoms with Gasteiger partial charge in [0.2, 0.25) is 5.75 Å². The quantitative estimate of drug-likeness (QED) is 0.0333. The monoisotopic (exact) mass is 1060 g/mol. The normalized spacial score (nSPS) is 11.7. The van der Waals surface area contributed by atoms with E-state index in [0.717, 1.165) is 42.2 Å². The molecule has 0 aliphatic carbocycles. The maximum atomic E-state index is 6.76. The Balaban J connectivity index is 1.46. The summed E-state index contributed by atoms with van der Waals surface area (Å²) in [7, 11) is 0. The second kappa shape index (κ2) is 31.2. The number of rotatable bonds is 37. The highest BCUT2D eigenvalue weighted by atomic mass is 127. The Hall–Kier alpha value is -0.720. The van der Waals surface area contributed by atoms with Crippen LogP contribution in [0.15, 0.2) is 24.3 Å². The zero-order chi connectivity index (χ0) is 41.0. The summed E-state index contributed by atoms with van der Waals surface area (Å²) < 4.78 is 28.1. The molecule has 0 saturated heterocycles. The molecule has 58 heavy (non-hydrogen) atoms. The van der Waals surface area contributed by atoms with Gasteiger partial charge in [-0.25, -0.2) is 0 Å². The van der Waals surface area contributed by atoms with E-state index < -0.39 is 0 Å². The Bertz CT molecular complexity index is 1540. The number of hydrogen-bond donors (Lipinski definition) is 0. The van der Waals surface area contributed by atoms with Gasteiger partial charge in [0.05, 0.1) is 51.7 Å². The van der Waals surface area contributed by atoms with Crippen molar-refractivity contribution in [1.82, 2.24) is 4.57 Å². The molecule has 4 aromatic rings. The van der Waals surface area contributed by atoms with E-state index in [1.165, 1.54) is 200 Å². The highest BCUT2D eigenvalue weighted by Crippen LogP contribution is 2.46. The smallest absolute Gasteiger partial charge is 0.203 e. The fourth-order valence-corrected chi connectivity index (χ4v) is 11.9. The van der Waals surface area contributed by atoms with Gasteiger partial charge in [0.25, 0.3) is 0 Å². The molecule has 0 atom stereocenters. The van der Waals surface area contributed by atoms with Crippen LogP contribution in [-0.2, 0) is 0 Å². The number of benzene rings is 1. The van der Waals surface area contributed by atoms with E-state index in [1.54, 1.807) is 0 Å². The van der Waals surface area contributed by atoms with Crippen LogP contribution in [0.3, 0.4) is 0 Å². The summed E-state index contributed by atoms with van der Waals surface area (Å²) >= 11 is 8.74. The van der Waals surface area contributed by atoms with Crippen LogP contribution >= 0.6 is 67.9 Å². The molecule has 0 fully saturated rings. The van der Waals surface area contributed by atoms with Crippen LogP contribution in [0.2, 0.25) is 0 Å². The molecule has 328 valence electrons. The minimum atomic E-state index is 0.697. The van der Waals surface area contributed by atoms with Gasteiger partial charge in [-0.2, -0.15) is 0 Å². The maximum Gasteiger partial charge on any atom is 0.203 e. The standard InChI is InChI=1S/C50H79I2NO3S2/c1-4-7-10-13-16-19-22-25-28-31-34-54-44-37-41(53-42-39-46(51)57-49(42)50-43(53)40-47(52)58-50)38-45(55-35-32-29-26-23-20-17-14-11-8-5-2)48(44)56-36-33-30-27-24-21-18-15-12-9-6-3/h37-40H,4-36H2,1-3H3. The van der Waals surface area contributed by atoms with Crippen molar-refractivity contribution in [3.05, 3.63) is 30.0 Å². The van der Waals surface area contributed by atoms with E-state index in [4.69, 9.17) is 14.2 Å². The summed E-state index contributed by atoms with van der Waals surface area (Å²) in [6.07, 6.45) is 39.5. The maximum absolute atomic E-state index is 6.76. The number of ether oxygens (including phenoxy) is 3. The second-order valence-corrected chi connectivity index (χ2v) is 22.6. The number of thiophene rings is 2. The lowest BCUT2D eigenvalue weighted by atomic mass is 10.1. The predicted molar refractivity (Wildman–Crippen MR) is 274 cm³/mol. The van der Waals surface area contributed by atoms with Crippen molar-refractivity contribution >= 4 is 88.3 Å². The lowest BCUT2D eigenvalue weighted by Crippen LogP contribution is -2.08. The Morgan fingerprint density at radius 2 is 0.690 bits per heavy atom. The first-order valence-corrected chi connectivity index (χ1v) is 27.8. The summed E-state index contributed by atoms with van der Waals surface area (Å²) in [6.45, 7) is 9.00. The van der Waals surface area contributed by atoms with E-state index in [0.29, 0.717) is 19.8 Å². The average molecular weight is 1060 g/mol. The first kappa shape index (κ1) is 49.9. The second-order valence-electron chi connectivity index (χ2n) is 16.7. The van der Waals surface area contributed by atoms with E-state index in [9.17, 15) is 0 Å². The SMILES string of the molecule is CCCCCCCCCCCCOc1cc(-n2c3cc(I)sc3c3sc(I)cc32)cc(OCCCCCCCCCCCC)c1OCCCCCCCCCCCC. The Kier molecular flexibility index (Phi) is 26.8. The summed E-state index contributed by atoms with van der Waals surface area (Å²) in [5, 5.41) is 0. The van der Waals surface area contributed by atoms with Crippen LogP contribution in [-0.4, -0.2) is 24.4 Å². The van der Waals surface area contributed by atoms with Gasteiger partial charge in [0.15, 0.2) is 11.5 Å². The lowest BCUT2D eigenvalue weighted by molar-refractivity contribution is 0.234. The number of hydrogen-bond acceptors (Lipinski definition) is 5. The fraction of sp³-hybridized carbons (Fsp3) is 0.720. The highest BCUT2D eigenvalue weighted by Gasteiger charge is 2.22. The molecule has 0 spiro atoms. The summed E-state index contributed by atoms with van der Waals surface area (Å²) in [5.41, 5.74) is 3.64. The van der Waals surface area contributed by atoms with E-state index >= 15 is 0 Å². The molecule has 0 aliphatic heterocycles. The Labute approximate surface area is 390 Å². The van der Waals surface area contributed by atoms with Crippen LogP contribution in [0.5, 0.6) is 17.2 Å². The third-order valence-corrected chi connectivity index (χ3v) is 15.5. The largest absolute Gasteiger partial charge is 0.489 e. The van der Waals surface area contributed by atoms with Gasteiger partial charge in [-0.1, -0.05) is 194 Å². The van der Waals surface area contributed by atoms with Crippen molar-refractivity contribution in [3.8, 4) is 22.9 Å². The van der Waals surface area contributed by atoms with Crippen LogP contribution in [0, 0.1) is 5.77 Å². The molecule has 8 heteroatoms. The van der Waals surface area contributed by atoms with Gasteiger partial charge >= 0.3 is 0 Å². The zero-order valence-electron chi connectivity index (χ0n) is 36.9. The molecule has 3 aromatic heterocycles. The van der Waals surface area contributed by atoms with Gasteiger partial charge in [-0.15, -0.1) is 22.7 Å². The molecule has 3 heterocycles. The van der Waals surface area contributed by atoms with Crippen molar-refractivity contribution in [3.63, 3.8) is 0 Å². The summed E-state index contributed by atoms with van der Waals surface area (Å²) in [4.78, 5) is 0. The van der Waals surface area contributed by atoms with Crippen LogP contribution in [0.25, 0.3) is 26.1 Å². The summed E-state index contributed by atoms with van der Waals surface area (Å²) in [5.74, 6) is 2.48. The van der Waals surface area contributed by atoms with Gasteiger partial charge in [-0.05, 0) is 76.6 Å². The van der Waals surface area contributed by atoms with Gasteiger partial charge in [0, 0.05) is 12.1 Å². The van der Waals surface area contributed by atoms with Crippen LogP contribution < -0.4 is 14.2 Å².